The number of rotatable bonds is 5. The largest absolute Gasteiger partial charge is 0.436 e. The van der Waals surface area contributed by atoms with Crippen LogP contribution in [0.2, 0.25) is 5.02 Å². The molecule has 3 aromatic rings. The second-order valence-corrected chi connectivity index (χ2v) is 7.70. The van der Waals surface area contributed by atoms with E-state index in [2.05, 4.69) is 21.1 Å². The van der Waals surface area contributed by atoms with Crippen LogP contribution in [0.1, 0.15) is 19.4 Å². The Bertz CT molecular complexity index is 954. The summed E-state index contributed by atoms with van der Waals surface area (Å²) in [4.78, 5) is -0.232. The molecular formula is C20H19BrClNO4. The van der Waals surface area contributed by atoms with Gasteiger partial charge in [-0.15, -0.1) is 0 Å². The molecule has 142 valence electrons. The molecule has 4 rings (SSSR count). The van der Waals surface area contributed by atoms with Crippen molar-refractivity contribution in [2.24, 2.45) is 0 Å². The summed E-state index contributed by atoms with van der Waals surface area (Å²) in [5.74, 6) is -0.714. The van der Waals surface area contributed by atoms with Gasteiger partial charge < -0.3 is 18.7 Å². The second kappa shape index (κ2) is 7.43. The van der Waals surface area contributed by atoms with Crippen LogP contribution in [0.5, 0.6) is 5.75 Å². The van der Waals surface area contributed by atoms with Gasteiger partial charge in [-0.05, 0) is 19.9 Å². The lowest BCUT2D eigenvalue weighted by molar-refractivity contribution is -0.342. The maximum Gasteiger partial charge on any atom is 0.340 e. The summed E-state index contributed by atoms with van der Waals surface area (Å²) >= 11 is 10.3. The molecule has 1 aliphatic rings. The summed E-state index contributed by atoms with van der Waals surface area (Å²) in [5, 5.41) is 5.61. The normalized spacial score (nSPS) is 18.3. The lowest BCUT2D eigenvalue weighted by Gasteiger charge is -2.40. The number of nitrogens with zero attached hydrogens (tertiary/aromatic N) is 1. The van der Waals surface area contributed by atoms with Gasteiger partial charge in [0.1, 0.15) is 10.5 Å². The highest BCUT2D eigenvalue weighted by Crippen LogP contribution is 2.47. The molecule has 0 amide bonds. The number of benzene rings is 2. The zero-order chi connectivity index (χ0) is 19.0. The van der Waals surface area contributed by atoms with Gasteiger partial charge in [-0.1, -0.05) is 63.0 Å². The lowest BCUT2D eigenvalue weighted by Crippen LogP contribution is -2.53. The van der Waals surface area contributed by atoms with Crippen molar-refractivity contribution in [1.82, 2.24) is 5.16 Å². The van der Waals surface area contributed by atoms with E-state index in [-0.39, 0.29) is 4.83 Å². The molecule has 5 nitrogen and oxygen atoms in total. The molecule has 0 saturated carbocycles. The Labute approximate surface area is 170 Å². The van der Waals surface area contributed by atoms with E-state index in [0.29, 0.717) is 36.0 Å². The molecule has 2 heterocycles. The van der Waals surface area contributed by atoms with E-state index >= 15 is 0 Å². The number of fused-ring (bicyclic) bond motifs is 3. The van der Waals surface area contributed by atoms with Gasteiger partial charge in [-0.25, -0.2) is 0 Å². The summed E-state index contributed by atoms with van der Waals surface area (Å²) in [6.45, 7) is 4.68. The third-order valence-corrected chi connectivity index (χ3v) is 5.68. The molecular weight excluding hydrogens is 434 g/mol. The highest BCUT2D eigenvalue weighted by molar-refractivity contribution is 9.09. The minimum Gasteiger partial charge on any atom is -0.436 e. The Morgan fingerprint density at radius 2 is 1.93 bits per heavy atom. The van der Waals surface area contributed by atoms with E-state index in [0.717, 1.165) is 22.2 Å². The van der Waals surface area contributed by atoms with Crippen molar-refractivity contribution in [3.8, 4) is 17.0 Å². The standard InChI is InChI=1S/C20H19BrClNO4/c1-3-24-20(25-4-2)16(21)11-14-18-13(10-15(22)19(14)26-20)17(23-27-18)12-8-6-5-7-9-12/h5-10,16H,3-4,11H2,1-2H3. The third-order valence-electron chi connectivity index (χ3n) is 4.51. The molecule has 1 aliphatic heterocycles. The van der Waals surface area contributed by atoms with Gasteiger partial charge in [0, 0.05) is 17.5 Å². The molecule has 1 unspecified atom stereocenters. The molecule has 1 atom stereocenters. The average molecular weight is 453 g/mol. The Balaban J connectivity index is 1.85. The fourth-order valence-electron chi connectivity index (χ4n) is 3.38. The molecule has 2 aromatic carbocycles. The molecule has 0 radical (unpaired) electrons. The van der Waals surface area contributed by atoms with Crippen LogP contribution in [0.3, 0.4) is 0 Å². The van der Waals surface area contributed by atoms with Crippen LogP contribution in [-0.2, 0) is 15.9 Å². The number of hydrogen-bond donors (Lipinski definition) is 0. The SMILES string of the molecule is CCOC1(OCC)Oc2c(Cl)cc3c(-c4ccccc4)noc3c2CC1Br. The first-order valence-electron chi connectivity index (χ1n) is 8.86. The van der Waals surface area contributed by atoms with E-state index in [1.165, 1.54) is 0 Å². The number of hydrogen-bond acceptors (Lipinski definition) is 5. The summed E-state index contributed by atoms with van der Waals surface area (Å²) in [5.41, 5.74) is 3.24. The van der Waals surface area contributed by atoms with Crippen LogP contribution >= 0.6 is 27.5 Å². The topological polar surface area (TPSA) is 53.7 Å². The summed E-state index contributed by atoms with van der Waals surface area (Å²) < 4.78 is 23.5. The smallest absolute Gasteiger partial charge is 0.340 e. The fourth-order valence-corrected chi connectivity index (χ4v) is 4.33. The van der Waals surface area contributed by atoms with Crippen molar-refractivity contribution in [3.05, 3.63) is 47.0 Å². The molecule has 0 fully saturated rings. The van der Waals surface area contributed by atoms with Crippen LogP contribution in [0.25, 0.3) is 22.2 Å². The van der Waals surface area contributed by atoms with E-state index in [1.54, 1.807) is 0 Å². The highest BCUT2D eigenvalue weighted by atomic mass is 79.9. The summed E-state index contributed by atoms with van der Waals surface area (Å²) in [6.07, 6.45) is 0.565. The molecule has 27 heavy (non-hydrogen) atoms. The van der Waals surface area contributed by atoms with Crippen LogP contribution in [0, 0.1) is 0 Å². The molecule has 0 bridgehead atoms. The van der Waals surface area contributed by atoms with Crippen LogP contribution in [0.4, 0.5) is 0 Å². The maximum absolute atomic E-state index is 6.59. The molecule has 0 spiro atoms. The van der Waals surface area contributed by atoms with Gasteiger partial charge in [-0.2, -0.15) is 0 Å². The fraction of sp³-hybridized carbons (Fsp3) is 0.350. The average Bonchev–Trinajstić information content (AvgIpc) is 3.08. The monoisotopic (exact) mass is 451 g/mol. The Morgan fingerprint density at radius 1 is 1.22 bits per heavy atom. The number of halogens is 2. The Kier molecular flexibility index (Phi) is 5.16. The van der Waals surface area contributed by atoms with Crippen molar-refractivity contribution in [2.75, 3.05) is 13.2 Å². The van der Waals surface area contributed by atoms with Crippen molar-refractivity contribution in [2.45, 2.75) is 31.1 Å². The van der Waals surface area contributed by atoms with Crippen molar-refractivity contribution >= 4 is 38.5 Å². The lowest BCUT2D eigenvalue weighted by atomic mass is 9.99. The summed E-state index contributed by atoms with van der Waals surface area (Å²) in [7, 11) is 0. The second-order valence-electron chi connectivity index (χ2n) is 6.18. The zero-order valence-electron chi connectivity index (χ0n) is 15.0. The van der Waals surface area contributed by atoms with Crippen LogP contribution in [-0.4, -0.2) is 29.2 Å². The van der Waals surface area contributed by atoms with Gasteiger partial charge in [0.25, 0.3) is 0 Å². The minimum absolute atomic E-state index is 0.232. The zero-order valence-corrected chi connectivity index (χ0v) is 17.3. The van der Waals surface area contributed by atoms with Crippen molar-refractivity contribution in [1.29, 1.82) is 0 Å². The number of alkyl halides is 1. The Morgan fingerprint density at radius 3 is 2.59 bits per heavy atom. The van der Waals surface area contributed by atoms with Crippen molar-refractivity contribution in [3.63, 3.8) is 0 Å². The minimum atomic E-state index is -1.23. The predicted octanol–water partition coefficient (Wildman–Crippen LogP) is 5.57. The third kappa shape index (κ3) is 3.14. The van der Waals surface area contributed by atoms with Gasteiger partial charge >= 0.3 is 5.97 Å². The Hall–Kier alpha value is -1.60. The number of aromatic nitrogens is 1. The van der Waals surface area contributed by atoms with Crippen LogP contribution < -0.4 is 4.74 Å². The molecule has 7 heteroatoms. The molecule has 1 aromatic heterocycles. The van der Waals surface area contributed by atoms with Gasteiger partial charge in [0.15, 0.2) is 11.3 Å². The van der Waals surface area contributed by atoms with Gasteiger partial charge in [-0.3, -0.25) is 0 Å². The maximum atomic E-state index is 6.59. The first kappa shape index (κ1) is 18.7. The van der Waals surface area contributed by atoms with E-state index in [4.69, 9.17) is 30.3 Å². The van der Waals surface area contributed by atoms with Crippen molar-refractivity contribution < 1.29 is 18.7 Å². The summed E-state index contributed by atoms with van der Waals surface area (Å²) in [6, 6.07) is 11.7. The highest BCUT2D eigenvalue weighted by Gasteiger charge is 2.48. The van der Waals surface area contributed by atoms with Gasteiger partial charge in [0.05, 0.1) is 23.6 Å². The molecule has 0 aliphatic carbocycles. The van der Waals surface area contributed by atoms with Crippen LogP contribution in [0.15, 0.2) is 40.9 Å². The predicted molar refractivity (Wildman–Crippen MR) is 107 cm³/mol. The quantitative estimate of drug-likeness (QED) is 0.374. The van der Waals surface area contributed by atoms with E-state index in [1.807, 2.05) is 50.2 Å². The number of ether oxygens (including phenoxy) is 3. The van der Waals surface area contributed by atoms with E-state index in [9.17, 15) is 0 Å². The first-order valence-corrected chi connectivity index (χ1v) is 10.2. The van der Waals surface area contributed by atoms with Gasteiger partial charge in [0.2, 0.25) is 0 Å². The first-order chi connectivity index (χ1) is 13.1. The van der Waals surface area contributed by atoms with E-state index < -0.39 is 5.97 Å². The molecule has 0 N–H and O–H groups in total. The molecule has 0 saturated heterocycles.